The van der Waals surface area contributed by atoms with E-state index in [2.05, 4.69) is 34.3 Å². The number of nitrogens with zero attached hydrogens (tertiary/aromatic N) is 5. The normalized spacial score (nSPS) is 11.2. The zero-order chi connectivity index (χ0) is 14.4. The fraction of sp³-hybridized carbons (Fsp3) is 0.500. The Bertz CT molecular complexity index is 515. The minimum atomic E-state index is 0.745. The first kappa shape index (κ1) is 14.5. The van der Waals surface area contributed by atoms with E-state index in [4.69, 9.17) is 5.73 Å². The Balaban J connectivity index is 2.00. The second-order valence-electron chi connectivity index (χ2n) is 4.73. The summed E-state index contributed by atoms with van der Waals surface area (Å²) in [6, 6.07) is 7.62. The lowest BCUT2D eigenvalue weighted by Gasteiger charge is -2.17. The topological polar surface area (TPSA) is 72.9 Å². The van der Waals surface area contributed by atoms with Crippen LogP contribution in [0.3, 0.4) is 0 Å². The summed E-state index contributed by atoms with van der Waals surface area (Å²) >= 11 is 0. The van der Waals surface area contributed by atoms with Gasteiger partial charge in [0, 0.05) is 17.8 Å². The Kier molecular flexibility index (Phi) is 5.06. The standard InChI is InChI=1S/C14H22N6/c1-3-19(4-2)10-5-11-20-14(16-17-18-20)12-6-8-13(15)9-7-12/h6-9H,3-5,10-11,15H2,1-2H3. The van der Waals surface area contributed by atoms with Crippen molar-refractivity contribution in [3.8, 4) is 11.4 Å². The molecule has 6 nitrogen and oxygen atoms in total. The van der Waals surface area contributed by atoms with Gasteiger partial charge in [0.25, 0.3) is 0 Å². The lowest BCUT2D eigenvalue weighted by Crippen LogP contribution is -2.25. The summed E-state index contributed by atoms with van der Waals surface area (Å²) in [6.45, 7) is 8.41. The predicted octanol–water partition coefficient (Wildman–Crippen LogP) is 1.65. The predicted molar refractivity (Wildman–Crippen MR) is 80.1 cm³/mol. The molecule has 0 radical (unpaired) electrons. The zero-order valence-corrected chi connectivity index (χ0v) is 12.2. The summed E-state index contributed by atoms with van der Waals surface area (Å²) in [7, 11) is 0. The second-order valence-corrected chi connectivity index (χ2v) is 4.73. The highest BCUT2D eigenvalue weighted by Crippen LogP contribution is 2.17. The van der Waals surface area contributed by atoms with Gasteiger partial charge in [-0.1, -0.05) is 13.8 Å². The Morgan fingerprint density at radius 3 is 2.50 bits per heavy atom. The maximum absolute atomic E-state index is 5.70. The third kappa shape index (κ3) is 3.54. The molecule has 0 saturated carbocycles. The molecule has 0 fully saturated rings. The average Bonchev–Trinajstić information content (AvgIpc) is 2.93. The number of anilines is 1. The van der Waals surface area contributed by atoms with Gasteiger partial charge in [0.15, 0.2) is 5.82 Å². The Morgan fingerprint density at radius 2 is 1.85 bits per heavy atom. The van der Waals surface area contributed by atoms with E-state index >= 15 is 0 Å². The van der Waals surface area contributed by atoms with Gasteiger partial charge in [-0.05, 0) is 60.7 Å². The first-order valence-electron chi connectivity index (χ1n) is 7.09. The number of hydrogen-bond donors (Lipinski definition) is 1. The van der Waals surface area contributed by atoms with Crippen molar-refractivity contribution in [3.63, 3.8) is 0 Å². The van der Waals surface area contributed by atoms with Crippen molar-refractivity contribution in [2.45, 2.75) is 26.8 Å². The molecule has 6 heteroatoms. The molecular formula is C14H22N6. The van der Waals surface area contributed by atoms with Gasteiger partial charge in [0.05, 0.1) is 0 Å². The van der Waals surface area contributed by atoms with Crippen molar-refractivity contribution < 1.29 is 0 Å². The van der Waals surface area contributed by atoms with Crippen LogP contribution in [0.25, 0.3) is 11.4 Å². The van der Waals surface area contributed by atoms with Crippen molar-refractivity contribution in [1.29, 1.82) is 0 Å². The maximum Gasteiger partial charge on any atom is 0.182 e. The second kappa shape index (κ2) is 7.00. The monoisotopic (exact) mass is 274 g/mol. The molecule has 0 saturated heterocycles. The largest absolute Gasteiger partial charge is 0.399 e. The molecule has 1 heterocycles. The minimum absolute atomic E-state index is 0.745. The first-order chi connectivity index (χ1) is 9.74. The summed E-state index contributed by atoms with van der Waals surface area (Å²) in [5.74, 6) is 0.796. The molecule has 1 aromatic heterocycles. The van der Waals surface area contributed by atoms with Crippen molar-refractivity contribution in [1.82, 2.24) is 25.1 Å². The summed E-state index contributed by atoms with van der Waals surface area (Å²) in [4.78, 5) is 2.40. The number of nitrogen functional groups attached to an aromatic ring is 1. The van der Waals surface area contributed by atoms with Crippen LogP contribution < -0.4 is 5.73 Å². The Labute approximate surface area is 119 Å². The molecular weight excluding hydrogens is 252 g/mol. The van der Waals surface area contributed by atoms with Crippen LogP contribution in [0, 0.1) is 0 Å². The number of hydrogen-bond acceptors (Lipinski definition) is 5. The van der Waals surface area contributed by atoms with Crippen LogP contribution in [-0.4, -0.2) is 44.7 Å². The van der Waals surface area contributed by atoms with E-state index in [-0.39, 0.29) is 0 Å². The van der Waals surface area contributed by atoms with E-state index in [1.807, 2.05) is 28.9 Å². The van der Waals surface area contributed by atoms with Crippen molar-refractivity contribution >= 4 is 5.69 Å². The molecule has 2 N–H and O–H groups in total. The van der Waals surface area contributed by atoms with Gasteiger partial charge in [0.2, 0.25) is 0 Å². The van der Waals surface area contributed by atoms with Gasteiger partial charge in [-0.15, -0.1) is 5.10 Å². The van der Waals surface area contributed by atoms with Crippen LogP contribution in [0.15, 0.2) is 24.3 Å². The highest BCUT2D eigenvalue weighted by atomic mass is 15.5. The number of aryl methyl sites for hydroxylation is 1. The molecule has 0 aliphatic rings. The van der Waals surface area contributed by atoms with E-state index in [0.29, 0.717) is 0 Å². The van der Waals surface area contributed by atoms with Crippen molar-refractivity contribution in [2.75, 3.05) is 25.4 Å². The van der Waals surface area contributed by atoms with E-state index in [9.17, 15) is 0 Å². The summed E-state index contributed by atoms with van der Waals surface area (Å²) < 4.78 is 1.86. The molecule has 1 aromatic carbocycles. The number of nitrogens with two attached hydrogens (primary N) is 1. The minimum Gasteiger partial charge on any atom is -0.399 e. The van der Waals surface area contributed by atoms with Crippen molar-refractivity contribution in [3.05, 3.63) is 24.3 Å². The number of benzene rings is 1. The van der Waals surface area contributed by atoms with E-state index in [0.717, 1.165) is 49.7 Å². The van der Waals surface area contributed by atoms with Gasteiger partial charge in [-0.25, -0.2) is 4.68 Å². The highest BCUT2D eigenvalue weighted by molar-refractivity contribution is 5.58. The smallest absolute Gasteiger partial charge is 0.182 e. The van der Waals surface area contributed by atoms with Crippen LogP contribution in [-0.2, 0) is 6.54 Å². The third-order valence-corrected chi connectivity index (χ3v) is 3.44. The van der Waals surface area contributed by atoms with Crippen LogP contribution >= 0.6 is 0 Å². The van der Waals surface area contributed by atoms with E-state index < -0.39 is 0 Å². The first-order valence-corrected chi connectivity index (χ1v) is 7.09. The van der Waals surface area contributed by atoms with Crippen LogP contribution in [0.4, 0.5) is 5.69 Å². The highest BCUT2D eigenvalue weighted by Gasteiger charge is 2.08. The van der Waals surface area contributed by atoms with Gasteiger partial charge in [-0.2, -0.15) is 0 Å². The molecule has 2 rings (SSSR count). The fourth-order valence-electron chi connectivity index (χ4n) is 2.18. The van der Waals surface area contributed by atoms with Crippen LogP contribution in [0.1, 0.15) is 20.3 Å². The fourth-order valence-corrected chi connectivity index (χ4v) is 2.18. The summed E-state index contributed by atoms with van der Waals surface area (Å²) in [6.07, 6.45) is 1.04. The van der Waals surface area contributed by atoms with Crippen molar-refractivity contribution in [2.24, 2.45) is 0 Å². The average molecular weight is 274 g/mol. The molecule has 0 amide bonds. The number of tetrazole rings is 1. The third-order valence-electron chi connectivity index (χ3n) is 3.44. The summed E-state index contributed by atoms with van der Waals surface area (Å²) in [5.41, 5.74) is 7.44. The molecule has 0 unspecified atom stereocenters. The lowest BCUT2D eigenvalue weighted by molar-refractivity contribution is 0.291. The molecule has 20 heavy (non-hydrogen) atoms. The van der Waals surface area contributed by atoms with E-state index in [1.54, 1.807) is 0 Å². The molecule has 2 aromatic rings. The number of rotatable bonds is 7. The molecule has 0 bridgehead atoms. The molecule has 0 aliphatic heterocycles. The summed E-state index contributed by atoms with van der Waals surface area (Å²) in [5, 5.41) is 11.9. The van der Waals surface area contributed by atoms with Gasteiger partial charge < -0.3 is 10.6 Å². The van der Waals surface area contributed by atoms with Gasteiger partial charge in [0.1, 0.15) is 0 Å². The van der Waals surface area contributed by atoms with E-state index in [1.165, 1.54) is 0 Å². The molecule has 0 spiro atoms. The Morgan fingerprint density at radius 1 is 1.15 bits per heavy atom. The maximum atomic E-state index is 5.70. The quantitative estimate of drug-likeness (QED) is 0.777. The van der Waals surface area contributed by atoms with Gasteiger partial charge in [-0.3, -0.25) is 0 Å². The Hall–Kier alpha value is -1.95. The number of aromatic nitrogens is 4. The SMILES string of the molecule is CCN(CC)CCCn1nnnc1-c1ccc(N)cc1. The molecule has 0 aliphatic carbocycles. The van der Waals surface area contributed by atoms with Gasteiger partial charge >= 0.3 is 0 Å². The van der Waals surface area contributed by atoms with Crippen LogP contribution in [0.5, 0.6) is 0 Å². The molecule has 108 valence electrons. The van der Waals surface area contributed by atoms with Crippen LogP contribution in [0.2, 0.25) is 0 Å². The zero-order valence-electron chi connectivity index (χ0n) is 12.2. The molecule has 0 atom stereocenters. The lowest BCUT2D eigenvalue weighted by atomic mass is 10.2.